The van der Waals surface area contributed by atoms with E-state index >= 15 is 0 Å². The zero-order valence-corrected chi connectivity index (χ0v) is 8.15. The van der Waals surface area contributed by atoms with Crippen LogP contribution in [0, 0.1) is 12.8 Å². The van der Waals surface area contributed by atoms with E-state index in [-0.39, 0.29) is 0 Å². The molecule has 1 aromatic heterocycles. The van der Waals surface area contributed by atoms with Crippen molar-refractivity contribution in [3.05, 3.63) is 23.5 Å². The molecule has 0 radical (unpaired) electrons. The van der Waals surface area contributed by atoms with Gasteiger partial charge in [0.1, 0.15) is 0 Å². The molecule has 12 heavy (non-hydrogen) atoms. The predicted molar refractivity (Wildman–Crippen MR) is 52.1 cm³/mol. The van der Waals surface area contributed by atoms with Gasteiger partial charge in [0.2, 0.25) is 0 Å². The minimum Gasteiger partial charge on any atom is -0.361 e. The van der Waals surface area contributed by atoms with Gasteiger partial charge in [-0.25, -0.2) is 0 Å². The standard InChI is InChI=1S/C10H18N2/c1-8(2)6-11-7-10-5-4-9(3)12-10/h4-5,8,11-12H,6-7H2,1-3H3. The number of H-pyrrole nitrogens is 1. The van der Waals surface area contributed by atoms with Crippen LogP contribution >= 0.6 is 0 Å². The second-order valence-corrected chi connectivity index (χ2v) is 3.69. The minimum atomic E-state index is 0.723. The molecule has 0 amide bonds. The zero-order chi connectivity index (χ0) is 8.97. The van der Waals surface area contributed by atoms with E-state index in [1.54, 1.807) is 0 Å². The molecule has 0 aliphatic heterocycles. The Labute approximate surface area is 74.4 Å². The molecular weight excluding hydrogens is 148 g/mol. The van der Waals surface area contributed by atoms with E-state index in [2.05, 4.69) is 43.2 Å². The van der Waals surface area contributed by atoms with Crippen LogP contribution in [0.1, 0.15) is 25.2 Å². The Morgan fingerprint density at radius 2 is 2.17 bits per heavy atom. The Morgan fingerprint density at radius 3 is 2.67 bits per heavy atom. The van der Waals surface area contributed by atoms with Gasteiger partial charge in [0.25, 0.3) is 0 Å². The van der Waals surface area contributed by atoms with Gasteiger partial charge in [-0.3, -0.25) is 0 Å². The zero-order valence-electron chi connectivity index (χ0n) is 8.15. The van der Waals surface area contributed by atoms with Crippen LogP contribution in [-0.2, 0) is 6.54 Å². The molecule has 2 nitrogen and oxygen atoms in total. The highest BCUT2D eigenvalue weighted by Gasteiger charge is 1.95. The van der Waals surface area contributed by atoms with Crippen LogP contribution in [-0.4, -0.2) is 11.5 Å². The van der Waals surface area contributed by atoms with Crippen LogP contribution in [0.4, 0.5) is 0 Å². The molecule has 0 aliphatic carbocycles. The number of aromatic nitrogens is 1. The highest BCUT2D eigenvalue weighted by Crippen LogP contribution is 1.99. The summed E-state index contributed by atoms with van der Waals surface area (Å²) >= 11 is 0. The van der Waals surface area contributed by atoms with Crippen LogP contribution in [0.15, 0.2) is 12.1 Å². The lowest BCUT2D eigenvalue weighted by Crippen LogP contribution is -2.19. The van der Waals surface area contributed by atoms with E-state index in [9.17, 15) is 0 Å². The van der Waals surface area contributed by atoms with Crippen molar-refractivity contribution in [2.24, 2.45) is 5.92 Å². The largest absolute Gasteiger partial charge is 0.361 e. The summed E-state index contributed by atoms with van der Waals surface area (Å²) in [6.45, 7) is 8.54. The smallest absolute Gasteiger partial charge is 0.0357 e. The average molecular weight is 166 g/mol. The topological polar surface area (TPSA) is 27.8 Å². The molecule has 1 rings (SSSR count). The van der Waals surface area contributed by atoms with Gasteiger partial charge in [-0.1, -0.05) is 13.8 Å². The average Bonchev–Trinajstić information content (AvgIpc) is 2.35. The van der Waals surface area contributed by atoms with Crippen LogP contribution in [0.2, 0.25) is 0 Å². The van der Waals surface area contributed by atoms with Gasteiger partial charge in [0, 0.05) is 17.9 Å². The molecular formula is C10H18N2. The normalized spacial score (nSPS) is 11.0. The molecule has 0 fully saturated rings. The van der Waals surface area contributed by atoms with Gasteiger partial charge in [-0.2, -0.15) is 0 Å². The van der Waals surface area contributed by atoms with Gasteiger partial charge < -0.3 is 10.3 Å². The Morgan fingerprint density at radius 1 is 1.42 bits per heavy atom. The van der Waals surface area contributed by atoms with Gasteiger partial charge >= 0.3 is 0 Å². The number of aromatic amines is 1. The van der Waals surface area contributed by atoms with E-state index < -0.39 is 0 Å². The second kappa shape index (κ2) is 4.31. The highest BCUT2D eigenvalue weighted by molar-refractivity contribution is 5.11. The number of hydrogen-bond acceptors (Lipinski definition) is 1. The van der Waals surface area contributed by atoms with Crippen LogP contribution in [0.5, 0.6) is 0 Å². The molecule has 0 spiro atoms. The molecule has 1 heterocycles. The second-order valence-electron chi connectivity index (χ2n) is 3.69. The van der Waals surface area contributed by atoms with Crippen molar-refractivity contribution in [2.75, 3.05) is 6.54 Å². The van der Waals surface area contributed by atoms with Gasteiger partial charge in [0.15, 0.2) is 0 Å². The number of hydrogen-bond donors (Lipinski definition) is 2. The van der Waals surface area contributed by atoms with Crippen molar-refractivity contribution >= 4 is 0 Å². The molecule has 68 valence electrons. The quantitative estimate of drug-likeness (QED) is 0.704. The van der Waals surface area contributed by atoms with Crippen molar-refractivity contribution in [3.8, 4) is 0 Å². The Hall–Kier alpha value is -0.760. The van der Waals surface area contributed by atoms with E-state index in [0.29, 0.717) is 0 Å². The number of nitrogens with one attached hydrogen (secondary N) is 2. The van der Waals surface area contributed by atoms with E-state index in [4.69, 9.17) is 0 Å². The first kappa shape index (κ1) is 9.33. The molecule has 0 aliphatic rings. The van der Waals surface area contributed by atoms with E-state index in [0.717, 1.165) is 19.0 Å². The summed E-state index contributed by atoms with van der Waals surface area (Å²) < 4.78 is 0. The fourth-order valence-electron chi connectivity index (χ4n) is 1.16. The van der Waals surface area contributed by atoms with Crippen LogP contribution in [0.25, 0.3) is 0 Å². The fourth-order valence-corrected chi connectivity index (χ4v) is 1.16. The van der Waals surface area contributed by atoms with Crippen molar-refractivity contribution in [1.29, 1.82) is 0 Å². The van der Waals surface area contributed by atoms with Gasteiger partial charge in [-0.15, -0.1) is 0 Å². The lowest BCUT2D eigenvalue weighted by Gasteiger charge is -2.05. The molecule has 0 unspecified atom stereocenters. The van der Waals surface area contributed by atoms with Gasteiger partial charge in [0.05, 0.1) is 0 Å². The number of rotatable bonds is 4. The van der Waals surface area contributed by atoms with Crippen molar-refractivity contribution in [1.82, 2.24) is 10.3 Å². The molecule has 2 heteroatoms. The third-order valence-electron chi connectivity index (χ3n) is 1.76. The van der Waals surface area contributed by atoms with E-state index in [1.165, 1.54) is 11.4 Å². The van der Waals surface area contributed by atoms with Gasteiger partial charge in [-0.05, 0) is 31.5 Å². The maximum absolute atomic E-state index is 3.38. The third-order valence-corrected chi connectivity index (χ3v) is 1.76. The molecule has 2 N–H and O–H groups in total. The summed E-state index contributed by atoms with van der Waals surface area (Å²) in [7, 11) is 0. The summed E-state index contributed by atoms with van der Waals surface area (Å²) in [5, 5.41) is 3.38. The maximum atomic E-state index is 3.38. The lowest BCUT2D eigenvalue weighted by atomic mass is 10.2. The summed E-state index contributed by atoms with van der Waals surface area (Å²) in [5.74, 6) is 0.723. The molecule has 0 bridgehead atoms. The van der Waals surface area contributed by atoms with Crippen molar-refractivity contribution < 1.29 is 0 Å². The SMILES string of the molecule is Cc1ccc(CNCC(C)C)[nH]1. The number of aryl methyl sites for hydroxylation is 1. The summed E-state index contributed by atoms with van der Waals surface area (Å²) in [4.78, 5) is 3.29. The fraction of sp³-hybridized carbons (Fsp3) is 0.600. The first-order valence-electron chi connectivity index (χ1n) is 4.53. The van der Waals surface area contributed by atoms with Crippen molar-refractivity contribution in [3.63, 3.8) is 0 Å². The van der Waals surface area contributed by atoms with Crippen LogP contribution in [0.3, 0.4) is 0 Å². The van der Waals surface area contributed by atoms with Crippen molar-refractivity contribution in [2.45, 2.75) is 27.3 Å². The van der Waals surface area contributed by atoms with E-state index in [1.807, 2.05) is 0 Å². The maximum Gasteiger partial charge on any atom is 0.0357 e. The summed E-state index contributed by atoms with van der Waals surface area (Å²) in [5.41, 5.74) is 2.50. The Kier molecular flexibility index (Phi) is 3.35. The summed E-state index contributed by atoms with van der Waals surface area (Å²) in [6.07, 6.45) is 0. The Balaban J connectivity index is 2.24. The Bertz CT molecular complexity index is 225. The molecule has 1 aromatic rings. The molecule has 0 saturated carbocycles. The highest BCUT2D eigenvalue weighted by atomic mass is 14.9. The van der Waals surface area contributed by atoms with Crippen LogP contribution < -0.4 is 5.32 Å². The predicted octanol–water partition coefficient (Wildman–Crippen LogP) is 2.07. The molecule has 0 saturated heterocycles. The minimum absolute atomic E-state index is 0.723. The first-order chi connectivity index (χ1) is 5.68. The monoisotopic (exact) mass is 166 g/mol. The first-order valence-corrected chi connectivity index (χ1v) is 4.53. The molecule has 0 atom stereocenters. The lowest BCUT2D eigenvalue weighted by molar-refractivity contribution is 0.549. The summed E-state index contributed by atoms with van der Waals surface area (Å²) in [6, 6.07) is 4.23. The third kappa shape index (κ3) is 3.09. The molecule has 0 aromatic carbocycles.